The van der Waals surface area contributed by atoms with E-state index in [0.717, 1.165) is 71.6 Å². The van der Waals surface area contributed by atoms with Crippen LogP contribution in [0.3, 0.4) is 0 Å². The number of H-pyrrole nitrogens is 1. The quantitative estimate of drug-likeness (QED) is 0.443. The maximum Gasteiger partial charge on any atom is 0.224 e. The van der Waals surface area contributed by atoms with Crippen molar-refractivity contribution < 1.29 is 4.74 Å². The molecule has 4 aromatic heterocycles. The van der Waals surface area contributed by atoms with Crippen molar-refractivity contribution in [3.63, 3.8) is 0 Å². The first-order chi connectivity index (χ1) is 15.5. The van der Waals surface area contributed by atoms with Crippen molar-refractivity contribution in [3.8, 4) is 11.3 Å². The van der Waals surface area contributed by atoms with Crippen molar-refractivity contribution >= 4 is 28.1 Å². The molecule has 0 aromatic carbocycles. The van der Waals surface area contributed by atoms with Crippen LogP contribution < -0.4 is 5.32 Å². The van der Waals surface area contributed by atoms with Gasteiger partial charge in [-0.2, -0.15) is 4.98 Å². The van der Waals surface area contributed by atoms with Gasteiger partial charge in [-0.1, -0.05) is 0 Å². The van der Waals surface area contributed by atoms with Gasteiger partial charge in [-0.25, -0.2) is 15.0 Å². The molecular formula is C24H31N7O. The SMILES string of the molecule is CCO[C@H]1CC[C@@H](Nc2ncc3c(-c4ccc5nc(C)n(C(C)C)c5n4)c[nH]c3n2)CC1. The van der Waals surface area contributed by atoms with E-state index in [-0.39, 0.29) is 0 Å². The van der Waals surface area contributed by atoms with Crippen LogP contribution in [0.5, 0.6) is 0 Å². The van der Waals surface area contributed by atoms with Crippen LogP contribution in [-0.2, 0) is 4.74 Å². The van der Waals surface area contributed by atoms with E-state index in [1.54, 1.807) is 0 Å². The molecule has 1 fully saturated rings. The maximum atomic E-state index is 5.76. The predicted octanol–water partition coefficient (Wildman–Crippen LogP) is 5.02. The van der Waals surface area contributed by atoms with Crippen LogP contribution in [0.2, 0.25) is 0 Å². The highest BCUT2D eigenvalue weighted by atomic mass is 16.5. The van der Waals surface area contributed by atoms with Crippen molar-refractivity contribution in [2.75, 3.05) is 11.9 Å². The number of aromatic nitrogens is 6. The Morgan fingerprint density at radius 3 is 2.72 bits per heavy atom. The topological polar surface area (TPSA) is 93.5 Å². The number of pyridine rings is 1. The number of rotatable bonds is 6. The minimum absolute atomic E-state index is 0.297. The molecule has 0 saturated heterocycles. The lowest BCUT2D eigenvalue weighted by molar-refractivity contribution is 0.0346. The molecule has 32 heavy (non-hydrogen) atoms. The summed E-state index contributed by atoms with van der Waals surface area (Å²) in [6.07, 6.45) is 8.58. The molecule has 0 spiro atoms. The number of nitrogens with zero attached hydrogens (tertiary/aromatic N) is 5. The number of nitrogens with one attached hydrogen (secondary N) is 2. The number of aryl methyl sites for hydroxylation is 1. The molecule has 0 atom stereocenters. The summed E-state index contributed by atoms with van der Waals surface area (Å²) in [5, 5.41) is 4.47. The molecule has 8 nitrogen and oxygen atoms in total. The largest absolute Gasteiger partial charge is 0.379 e. The Bertz CT molecular complexity index is 1230. The fraction of sp³-hybridized carbons (Fsp3) is 0.500. The Balaban J connectivity index is 1.39. The van der Waals surface area contributed by atoms with Gasteiger partial charge in [0.1, 0.15) is 17.0 Å². The van der Waals surface area contributed by atoms with Crippen molar-refractivity contribution in [1.82, 2.24) is 29.5 Å². The standard InChI is InChI=1S/C24H31N7O/c1-5-32-17-8-6-16(7-9-17)28-24-26-13-19-18(12-25-22(19)30-24)20-10-11-21-23(29-20)31(14(2)3)15(4)27-21/h10-14,16-17H,5-9H2,1-4H3,(H2,25,26,28,30)/t16-,17+. The second-order valence-corrected chi connectivity index (χ2v) is 8.89. The van der Waals surface area contributed by atoms with E-state index in [1.807, 2.05) is 31.5 Å². The van der Waals surface area contributed by atoms with E-state index in [1.165, 1.54) is 0 Å². The summed E-state index contributed by atoms with van der Waals surface area (Å²) in [6, 6.07) is 4.75. The molecule has 168 valence electrons. The Morgan fingerprint density at radius 2 is 1.97 bits per heavy atom. The molecule has 4 heterocycles. The second kappa shape index (κ2) is 8.50. The Kier molecular flexibility index (Phi) is 5.55. The highest BCUT2D eigenvalue weighted by Gasteiger charge is 2.22. The van der Waals surface area contributed by atoms with Gasteiger partial charge in [-0.05, 0) is 65.5 Å². The highest BCUT2D eigenvalue weighted by molar-refractivity contribution is 5.93. The first kappa shape index (κ1) is 20.9. The maximum absolute atomic E-state index is 5.76. The molecular weight excluding hydrogens is 402 g/mol. The van der Waals surface area contributed by atoms with Gasteiger partial charge in [-0.15, -0.1) is 0 Å². The summed E-state index contributed by atoms with van der Waals surface area (Å²) >= 11 is 0. The Hall–Kier alpha value is -3.00. The first-order valence-corrected chi connectivity index (χ1v) is 11.6. The van der Waals surface area contributed by atoms with E-state index in [0.29, 0.717) is 24.1 Å². The smallest absolute Gasteiger partial charge is 0.224 e. The average Bonchev–Trinajstić information content (AvgIpc) is 3.34. The van der Waals surface area contributed by atoms with E-state index in [2.05, 4.69) is 45.6 Å². The summed E-state index contributed by atoms with van der Waals surface area (Å²) < 4.78 is 7.93. The Labute approximate surface area is 187 Å². The van der Waals surface area contributed by atoms with Gasteiger partial charge in [0.15, 0.2) is 5.65 Å². The molecule has 0 aliphatic heterocycles. The molecule has 0 unspecified atom stereocenters. The molecule has 1 aliphatic rings. The summed E-state index contributed by atoms with van der Waals surface area (Å²) in [5.41, 5.74) is 4.53. The molecule has 0 bridgehead atoms. The fourth-order valence-corrected chi connectivity index (χ4v) is 4.84. The van der Waals surface area contributed by atoms with Gasteiger partial charge in [0.2, 0.25) is 5.95 Å². The van der Waals surface area contributed by atoms with Crippen molar-refractivity contribution in [2.24, 2.45) is 0 Å². The first-order valence-electron chi connectivity index (χ1n) is 11.6. The van der Waals surface area contributed by atoms with E-state index in [4.69, 9.17) is 14.7 Å². The number of ether oxygens (including phenoxy) is 1. The normalized spacial score (nSPS) is 19.3. The molecule has 0 amide bonds. The molecule has 8 heteroatoms. The molecule has 0 radical (unpaired) electrons. The fourth-order valence-electron chi connectivity index (χ4n) is 4.84. The number of anilines is 1. The number of hydrogen-bond acceptors (Lipinski definition) is 6. The van der Waals surface area contributed by atoms with Crippen molar-refractivity contribution in [3.05, 3.63) is 30.4 Å². The number of imidazole rings is 1. The highest BCUT2D eigenvalue weighted by Crippen LogP contribution is 2.30. The Morgan fingerprint density at radius 1 is 1.16 bits per heavy atom. The summed E-state index contributed by atoms with van der Waals surface area (Å²) in [4.78, 5) is 22.2. The number of hydrogen-bond donors (Lipinski definition) is 2. The van der Waals surface area contributed by atoms with Gasteiger partial charge in [-0.3, -0.25) is 0 Å². The predicted molar refractivity (Wildman–Crippen MR) is 127 cm³/mol. The van der Waals surface area contributed by atoms with Crippen LogP contribution >= 0.6 is 0 Å². The van der Waals surface area contributed by atoms with Crippen LogP contribution in [-0.4, -0.2) is 48.2 Å². The van der Waals surface area contributed by atoms with Gasteiger partial charge in [0.05, 0.1) is 11.8 Å². The molecule has 5 rings (SSSR count). The zero-order valence-corrected chi connectivity index (χ0v) is 19.2. The lowest BCUT2D eigenvalue weighted by Gasteiger charge is -2.28. The van der Waals surface area contributed by atoms with E-state index >= 15 is 0 Å². The average molecular weight is 434 g/mol. The van der Waals surface area contributed by atoms with Crippen molar-refractivity contribution in [2.45, 2.75) is 71.6 Å². The van der Waals surface area contributed by atoms with Gasteiger partial charge >= 0.3 is 0 Å². The summed E-state index contributed by atoms with van der Waals surface area (Å²) in [5.74, 6) is 1.65. The van der Waals surface area contributed by atoms with Gasteiger partial charge in [0, 0.05) is 42.0 Å². The van der Waals surface area contributed by atoms with Crippen LogP contribution in [0.1, 0.15) is 58.3 Å². The molecule has 1 aliphatic carbocycles. The van der Waals surface area contributed by atoms with Crippen molar-refractivity contribution in [1.29, 1.82) is 0 Å². The minimum atomic E-state index is 0.297. The lowest BCUT2D eigenvalue weighted by Crippen LogP contribution is -2.30. The zero-order valence-electron chi connectivity index (χ0n) is 19.2. The third kappa shape index (κ3) is 3.83. The van der Waals surface area contributed by atoms with Crippen LogP contribution in [0, 0.1) is 6.92 Å². The number of aromatic amines is 1. The molecule has 1 saturated carbocycles. The van der Waals surface area contributed by atoms with Gasteiger partial charge in [0.25, 0.3) is 0 Å². The lowest BCUT2D eigenvalue weighted by atomic mass is 9.93. The van der Waals surface area contributed by atoms with Crippen LogP contribution in [0.25, 0.3) is 33.5 Å². The van der Waals surface area contributed by atoms with Crippen LogP contribution in [0.4, 0.5) is 5.95 Å². The van der Waals surface area contributed by atoms with E-state index < -0.39 is 0 Å². The third-order valence-corrected chi connectivity index (χ3v) is 6.35. The van der Waals surface area contributed by atoms with Gasteiger partial charge < -0.3 is 19.6 Å². The zero-order chi connectivity index (χ0) is 22.2. The van der Waals surface area contributed by atoms with Crippen LogP contribution in [0.15, 0.2) is 24.5 Å². The number of fused-ring (bicyclic) bond motifs is 2. The minimum Gasteiger partial charge on any atom is -0.379 e. The monoisotopic (exact) mass is 433 g/mol. The molecule has 4 aromatic rings. The summed E-state index contributed by atoms with van der Waals surface area (Å²) in [6.45, 7) is 9.18. The summed E-state index contributed by atoms with van der Waals surface area (Å²) in [7, 11) is 0. The second-order valence-electron chi connectivity index (χ2n) is 8.89. The van der Waals surface area contributed by atoms with E-state index in [9.17, 15) is 0 Å². The third-order valence-electron chi connectivity index (χ3n) is 6.35. The molecule has 2 N–H and O–H groups in total.